The van der Waals surface area contributed by atoms with Crippen molar-refractivity contribution < 1.29 is 37.3 Å². The van der Waals surface area contributed by atoms with Crippen LogP contribution in [-0.2, 0) is 23.3 Å². The Labute approximate surface area is 195 Å². The summed E-state index contributed by atoms with van der Waals surface area (Å²) in [5.74, 6) is -0.500. The van der Waals surface area contributed by atoms with E-state index in [-0.39, 0.29) is 30.2 Å². The van der Waals surface area contributed by atoms with Gasteiger partial charge in [-0.05, 0) is 34.6 Å². The quantitative estimate of drug-likeness (QED) is 0.368. The topological polar surface area (TPSA) is 165 Å². The van der Waals surface area contributed by atoms with E-state index in [1.165, 1.54) is 24.7 Å². The molecule has 34 heavy (non-hydrogen) atoms. The first kappa shape index (κ1) is 24.9. The van der Waals surface area contributed by atoms with Gasteiger partial charge in [-0.1, -0.05) is 0 Å². The number of imidazole rings is 1. The van der Waals surface area contributed by atoms with Crippen LogP contribution in [0.1, 0.15) is 40.8 Å². The van der Waals surface area contributed by atoms with E-state index in [9.17, 15) is 9.69 Å². The van der Waals surface area contributed by atoms with E-state index >= 15 is 4.39 Å². The minimum absolute atomic E-state index is 0.0694. The summed E-state index contributed by atoms with van der Waals surface area (Å²) in [6.07, 6.45) is -2.27. The zero-order chi connectivity index (χ0) is 24.8. The molecule has 0 spiro atoms. The van der Waals surface area contributed by atoms with E-state index in [0.29, 0.717) is 12.1 Å². The van der Waals surface area contributed by atoms with E-state index in [0.717, 1.165) is 0 Å². The highest BCUT2D eigenvalue weighted by Crippen LogP contribution is 2.62. The predicted octanol–water partition coefficient (Wildman–Crippen LogP) is 1.45. The van der Waals surface area contributed by atoms with Crippen molar-refractivity contribution in [3.8, 4) is 5.88 Å². The molecule has 13 nitrogen and oxygen atoms in total. The Morgan fingerprint density at radius 3 is 2.88 bits per heavy atom. The Hall–Kier alpha value is -2.22. The summed E-state index contributed by atoms with van der Waals surface area (Å²) in [5.41, 5.74) is 4.17. The van der Waals surface area contributed by atoms with Gasteiger partial charge in [0.1, 0.15) is 18.8 Å². The number of esters is 1. The largest absolute Gasteiger partial charge is 0.500 e. The van der Waals surface area contributed by atoms with E-state index < -0.39 is 44.2 Å². The van der Waals surface area contributed by atoms with E-state index in [1.807, 2.05) is 0 Å². The summed E-state index contributed by atoms with van der Waals surface area (Å²) in [5, 5.41) is 2.61. The number of nitrogen functional groups attached to an aromatic ring is 1. The van der Waals surface area contributed by atoms with Crippen LogP contribution in [-0.4, -0.2) is 73.6 Å². The number of anilines is 1. The molecule has 0 radical (unpaired) electrons. The molecular formula is C19H29FN6O7P+. The fourth-order valence-corrected chi connectivity index (χ4v) is 5.67. The number of carbonyl (C=O) groups is 1. The fraction of sp³-hybridized carbons (Fsp3) is 0.684. The highest BCUT2D eigenvalue weighted by molar-refractivity contribution is 7.58. The third kappa shape index (κ3) is 4.53. The van der Waals surface area contributed by atoms with Crippen molar-refractivity contribution in [1.29, 1.82) is 0 Å². The number of hydrogen-bond donors (Lipinski definition) is 3. The molecule has 0 aliphatic carbocycles. The number of nitrogens with one attached hydrogen (secondary N) is 1. The average Bonchev–Trinajstić information content (AvgIpc) is 3.25. The molecule has 6 atom stereocenters. The summed E-state index contributed by atoms with van der Waals surface area (Å²) < 4.78 is 45.2. The molecule has 4 heterocycles. The first-order valence-electron chi connectivity index (χ1n) is 10.9. The summed E-state index contributed by atoms with van der Waals surface area (Å²) in [6.45, 7) is 8.12. The maximum Gasteiger partial charge on any atom is 0.500 e. The van der Waals surface area contributed by atoms with Crippen LogP contribution < -0.4 is 15.6 Å². The number of alkyl halides is 1. The monoisotopic (exact) mass is 503 g/mol. The highest BCUT2D eigenvalue weighted by Gasteiger charge is 2.66. The number of fused-ring (bicyclic) bond motifs is 2. The molecule has 0 bridgehead atoms. The maximum absolute atomic E-state index is 16.2. The van der Waals surface area contributed by atoms with Crippen molar-refractivity contribution in [2.24, 2.45) is 0 Å². The van der Waals surface area contributed by atoms with Crippen LogP contribution in [0.4, 0.5) is 10.3 Å². The van der Waals surface area contributed by atoms with Crippen molar-refractivity contribution in [1.82, 2.24) is 24.6 Å². The lowest BCUT2D eigenvalue weighted by Crippen LogP contribution is -2.49. The molecule has 188 valence electrons. The van der Waals surface area contributed by atoms with Crippen molar-refractivity contribution in [3.05, 3.63) is 6.33 Å². The van der Waals surface area contributed by atoms with Crippen LogP contribution in [0.5, 0.6) is 5.88 Å². The average molecular weight is 503 g/mol. The molecule has 2 fully saturated rings. The Bertz CT molecular complexity index is 1070. The highest BCUT2D eigenvalue weighted by atomic mass is 31.2. The van der Waals surface area contributed by atoms with E-state index in [1.54, 1.807) is 20.8 Å². The predicted molar refractivity (Wildman–Crippen MR) is 118 cm³/mol. The van der Waals surface area contributed by atoms with Crippen LogP contribution in [0.3, 0.4) is 0 Å². The minimum Gasteiger partial charge on any atom is -0.476 e. The molecule has 15 heteroatoms. The van der Waals surface area contributed by atoms with Crippen LogP contribution >= 0.6 is 8.09 Å². The number of aromatic nitrogens is 4. The number of carbonyl (C=O) groups excluding carboxylic acids is 1. The first-order chi connectivity index (χ1) is 15.9. The minimum atomic E-state index is -3.80. The standard InChI is InChI=1S/C19H29FN6O7P/c1-6-29-15-12-14(23-18(21)24-15)26(8-22-12)17-19(5,20)13-11(32-17)7-30-34(28,33-13)25-10(4)16(27)31-9(2)3/h8-11,13,17,25,28H,6-7H2,1-5H3,(H2,21,23,24)/q+1/t10?,11-,13-,17-,19-,34?/m1/s1. The summed E-state index contributed by atoms with van der Waals surface area (Å²) in [4.78, 5) is 35.5. The number of halogens is 1. The van der Waals surface area contributed by atoms with Crippen molar-refractivity contribution in [3.63, 3.8) is 0 Å². The van der Waals surface area contributed by atoms with E-state index in [4.69, 9.17) is 29.0 Å². The molecule has 2 aliphatic heterocycles. The van der Waals surface area contributed by atoms with Gasteiger partial charge >= 0.3 is 14.1 Å². The van der Waals surface area contributed by atoms with Gasteiger partial charge < -0.3 is 19.9 Å². The number of ether oxygens (including phenoxy) is 3. The smallest absolute Gasteiger partial charge is 0.476 e. The first-order valence-corrected chi connectivity index (χ1v) is 12.4. The molecule has 4 N–H and O–H groups in total. The van der Waals surface area contributed by atoms with Gasteiger partial charge in [0.25, 0.3) is 0 Å². The normalized spacial score (nSPS) is 32.1. The lowest BCUT2D eigenvalue weighted by Gasteiger charge is -2.32. The van der Waals surface area contributed by atoms with Gasteiger partial charge in [0, 0.05) is 0 Å². The third-order valence-electron chi connectivity index (χ3n) is 5.35. The second-order valence-electron chi connectivity index (χ2n) is 8.50. The van der Waals surface area contributed by atoms with Crippen LogP contribution in [0, 0.1) is 0 Å². The second kappa shape index (κ2) is 9.10. The molecule has 0 amide bonds. The molecule has 2 aromatic heterocycles. The molecule has 2 aromatic rings. The zero-order valence-electron chi connectivity index (χ0n) is 19.5. The van der Waals surface area contributed by atoms with Gasteiger partial charge in [0.15, 0.2) is 29.2 Å². The van der Waals surface area contributed by atoms with Crippen LogP contribution in [0.15, 0.2) is 6.33 Å². The van der Waals surface area contributed by atoms with Crippen LogP contribution in [0.25, 0.3) is 11.2 Å². The molecule has 0 aromatic carbocycles. The number of nitrogens with zero attached hydrogens (tertiary/aromatic N) is 4. The zero-order valence-corrected chi connectivity index (χ0v) is 20.4. The van der Waals surface area contributed by atoms with Crippen LogP contribution in [0.2, 0.25) is 0 Å². The summed E-state index contributed by atoms with van der Waals surface area (Å²) >= 11 is 0. The Morgan fingerprint density at radius 1 is 1.47 bits per heavy atom. The molecular weight excluding hydrogens is 474 g/mol. The van der Waals surface area contributed by atoms with Gasteiger partial charge in [-0.15, -0.1) is 5.09 Å². The Morgan fingerprint density at radius 2 is 2.21 bits per heavy atom. The third-order valence-corrected chi connectivity index (χ3v) is 7.08. The van der Waals surface area contributed by atoms with Crippen molar-refractivity contribution >= 4 is 31.2 Å². The lowest BCUT2D eigenvalue weighted by molar-refractivity contribution is -0.149. The number of rotatable bonds is 7. The van der Waals surface area contributed by atoms with Crippen molar-refractivity contribution in [2.75, 3.05) is 18.9 Å². The van der Waals surface area contributed by atoms with Gasteiger partial charge in [0.05, 0.1) is 19.0 Å². The Balaban J connectivity index is 1.58. The lowest BCUT2D eigenvalue weighted by atomic mass is 9.98. The van der Waals surface area contributed by atoms with E-state index in [2.05, 4.69) is 20.0 Å². The SMILES string of the molecule is CCOc1nc(N)nc2c1ncn2[C@@H]1O[C@@H]2CO[P+](O)(NC(C)C(=O)OC(C)C)O[C@H]2[C@@]1(C)F. The molecule has 0 saturated carbocycles. The molecule has 4 rings (SSSR count). The van der Waals surface area contributed by atoms with Gasteiger partial charge in [-0.3, -0.25) is 9.36 Å². The fourth-order valence-electron chi connectivity index (χ4n) is 3.88. The van der Waals surface area contributed by atoms with Gasteiger partial charge in [0.2, 0.25) is 11.8 Å². The second-order valence-corrected chi connectivity index (χ2v) is 10.3. The van der Waals surface area contributed by atoms with Gasteiger partial charge in [-0.25, -0.2) is 9.37 Å². The van der Waals surface area contributed by atoms with Gasteiger partial charge in [-0.2, -0.15) is 23.9 Å². The molecule has 2 saturated heterocycles. The maximum atomic E-state index is 16.2. The number of hydrogen-bond acceptors (Lipinski definition) is 12. The Kier molecular flexibility index (Phi) is 6.66. The summed E-state index contributed by atoms with van der Waals surface area (Å²) in [6, 6.07) is -0.949. The molecule has 2 unspecified atom stereocenters. The van der Waals surface area contributed by atoms with Crippen molar-refractivity contribution in [2.45, 2.75) is 70.9 Å². The molecule has 2 aliphatic rings. The number of nitrogens with two attached hydrogens (primary N) is 1. The summed E-state index contributed by atoms with van der Waals surface area (Å²) in [7, 11) is -3.80.